The molecule has 0 spiro atoms. The molecule has 0 unspecified atom stereocenters. The van der Waals surface area contributed by atoms with Crippen molar-refractivity contribution in [1.29, 1.82) is 0 Å². The standard InChI is InChI=1S/C19H21N5O2S2/c1-4-14-9-15(17(25)26-3)16(28-14)21-19(27)22-18-20-11-24(23-18)10-13-8-6-5-7-12(13)2/h5-9,11H,4,10H2,1-3H3,(H2,21,22,23,27). The first kappa shape index (κ1) is 20.0. The smallest absolute Gasteiger partial charge is 0.340 e. The lowest BCUT2D eigenvalue weighted by molar-refractivity contribution is 0.0602. The Morgan fingerprint density at radius 1 is 1.32 bits per heavy atom. The third-order valence-corrected chi connectivity index (χ3v) is 5.52. The molecule has 2 aromatic heterocycles. The molecule has 0 aliphatic heterocycles. The highest BCUT2D eigenvalue weighted by Crippen LogP contribution is 2.29. The molecule has 1 aromatic carbocycles. The molecule has 0 saturated carbocycles. The SMILES string of the molecule is CCc1cc(C(=O)OC)c(NC(=S)Nc2ncn(Cc3ccccc3C)n2)s1. The zero-order valence-electron chi connectivity index (χ0n) is 15.9. The number of ether oxygens (including phenoxy) is 1. The minimum Gasteiger partial charge on any atom is -0.465 e. The molecule has 0 fully saturated rings. The molecule has 0 atom stereocenters. The van der Waals surface area contributed by atoms with Crippen LogP contribution in [0.4, 0.5) is 10.9 Å². The lowest BCUT2D eigenvalue weighted by atomic mass is 10.1. The Kier molecular flexibility index (Phi) is 6.37. The molecule has 0 amide bonds. The molecule has 3 rings (SSSR count). The Bertz CT molecular complexity index is 996. The van der Waals surface area contributed by atoms with Gasteiger partial charge in [0.2, 0.25) is 5.95 Å². The van der Waals surface area contributed by atoms with E-state index in [4.69, 9.17) is 17.0 Å². The maximum Gasteiger partial charge on any atom is 0.340 e. The Balaban J connectivity index is 1.66. The highest BCUT2D eigenvalue weighted by molar-refractivity contribution is 7.80. The van der Waals surface area contributed by atoms with Crippen LogP contribution < -0.4 is 10.6 Å². The fraction of sp³-hybridized carbons (Fsp3) is 0.263. The first-order chi connectivity index (χ1) is 13.5. The van der Waals surface area contributed by atoms with Gasteiger partial charge < -0.3 is 10.1 Å². The predicted molar refractivity (Wildman–Crippen MR) is 115 cm³/mol. The van der Waals surface area contributed by atoms with E-state index >= 15 is 0 Å². The quantitative estimate of drug-likeness (QED) is 0.467. The van der Waals surface area contributed by atoms with Gasteiger partial charge >= 0.3 is 5.97 Å². The number of rotatable bonds is 6. The van der Waals surface area contributed by atoms with Crippen LogP contribution in [-0.2, 0) is 17.7 Å². The predicted octanol–water partition coefficient (Wildman–Crippen LogP) is 3.85. The van der Waals surface area contributed by atoms with Gasteiger partial charge in [-0.2, -0.15) is 0 Å². The molecular formula is C19H21N5O2S2. The zero-order chi connectivity index (χ0) is 20.1. The largest absolute Gasteiger partial charge is 0.465 e. The normalized spacial score (nSPS) is 10.5. The summed E-state index contributed by atoms with van der Waals surface area (Å²) in [5.41, 5.74) is 2.84. The number of carbonyl (C=O) groups excluding carboxylic acids is 1. The van der Waals surface area contributed by atoms with E-state index in [-0.39, 0.29) is 0 Å². The number of esters is 1. The van der Waals surface area contributed by atoms with E-state index in [0.29, 0.717) is 28.2 Å². The number of aromatic nitrogens is 3. The van der Waals surface area contributed by atoms with E-state index in [1.54, 1.807) is 11.0 Å². The average molecular weight is 416 g/mol. The first-order valence-corrected chi connectivity index (χ1v) is 9.95. The van der Waals surface area contributed by atoms with Crippen molar-refractivity contribution < 1.29 is 9.53 Å². The van der Waals surface area contributed by atoms with Crippen LogP contribution in [0.5, 0.6) is 0 Å². The van der Waals surface area contributed by atoms with Crippen molar-refractivity contribution in [3.05, 3.63) is 58.2 Å². The van der Waals surface area contributed by atoms with Crippen molar-refractivity contribution in [2.24, 2.45) is 0 Å². The monoisotopic (exact) mass is 415 g/mol. The van der Waals surface area contributed by atoms with Gasteiger partial charge in [-0.1, -0.05) is 31.2 Å². The Labute approximate surface area is 172 Å². The van der Waals surface area contributed by atoms with Gasteiger partial charge in [-0.25, -0.2) is 14.5 Å². The fourth-order valence-electron chi connectivity index (χ4n) is 2.60. The molecule has 146 valence electrons. The van der Waals surface area contributed by atoms with Gasteiger partial charge in [0.1, 0.15) is 11.3 Å². The minimum atomic E-state index is -0.401. The number of methoxy groups -OCH3 is 1. The van der Waals surface area contributed by atoms with E-state index in [2.05, 4.69) is 39.8 Å². The van der Waals surface area contributed by atoms with Crippen LogP contribution in [0.2, 0.25) is 0 Å². The van der Waals surface area contributed by atoms with E-state index in [1.807, 2.05) is 25.1 Å². The van der Waals surface area contributed by atoms with Gasteiger partial charge in [0.25, 0.3) is 0 Å². The van der Waals surface area contributed by atoms with E-state index in [0.717, 1.165) is 11.3 Å². The van der Waals surface area contributed by atoms with E-state index in [1.165, 1.54) is 29.6 Å². The van der Waals surface area contributed by atoms with Gasteiger partial charge in [0.15, 0.2) is 5.11 Å². The second kappa shape index (κ2) is 8.94. The van der Waals surface area contributed by atoms with Crippen molar-refractivity contribution in [3.8, 4) is 0 Å². The zero-order valence-corrected chi connectivity index (χ0v) is 17.5. The fourth-order valence-corrected chi connectivity index (χ4v) is 3.84. The molecule has 0 aliphatic carbocycles. The number of benzene rings is 1. The number of anilines is 2. The van der Waals surface area contributed by atoms with Crippen LogP contribution in [0.25, 0.3) is 0 Å². The van der Waals surface area contributed by atoms with E-state index in [9.17, 15) is 4.79 Å². The number of carbonyl (C=O) groups is 1. The summed E-state index contributed by atoms with van der Waals surface area (Å²) in [5, 5.41) is 11.4. The van der Waals surface area contributed by atoms with Crippen LogP contribution in [0.3, 0.4) is 0 Å². The number of hydrogen-bond donors (Lipinski definition) is 2. The van der Waals surface area contributed by atoms with E-state index < -0.39 is 5.97 Å². The summed E-state index contributed by atoms with van der Waals surface area (Å²) in [7, 11) is 1.36. The van der Waals surface area contributed by atoms with Crippen molar-refractivity contribution in [1.82, 2.24) is 14.8 Å². The molecule has 0 radical (unpaired) electrons. The minimum absolute atomic E-state index is 0.309. The molecule has 7 nitrogen and oxygen atoms in total. The average Bonchev–Trinajstić information content (AvgIpc) is 3.29. The highest BCUT2D eigenvalue weighted by atomic mass is 32.1. The van der Waals surface area contributed by atoms with Crippen molar-refractivity contribution in [3.63, 3.8) is 0 Å². The van der Waals surface area contributed by atoms with Gasteiger partial charge in [-0.15, -0.1) is 16.4 Å². The molecule has 28 heavy (non-hydrogen) atoms. The Morgan fingerprint density at radius 3 is 2.82 bits per heavy atom. The second-order valence-corrected chi connectivity index (χ2v) is 7.62. The number of nitrogens with zero attached hydrogens (tertiary/aromatic N) is 3. The topological polar surface area (TPSA) is 81.1 Å². The lowest BCUT2D eigenvalue weighted by Gasteiger charge is -2.08. The molecule has 0 saturated heterocycles. The Hall–Kier alpha value is -2.78. The molecule has 0 bridgehead atoms. The van der Waals surface area contributed by atoms with Crippen LogP contribution in [0, 0.1) is 6.92 Å². The third-order valence-electron chi connectivity index (χ3n) is 4.12. The van der Waals surface area contributed by atoms with Crippen molar-refractivity contribution >= 4 is 45.6 Å². The van der Waals surface area contributed by atoms with Crippen molar-refractivity contribution in [2.45, 2.75) is 26.8 Å². The maximum absolute atomic E-state index is 12.0. The molecule has 9 heteroatoms. The van der Waals surface area contributed by atoms with Crippen LogP contribution in [0.15, 0.2) is 36.7 Å². The van der Waals surface area contributed by atoms with Gasteiger partial charge in [0, 0.05) is 4.88 Å². The second-order valence-electron chi connectivity index (χ2n) is 6.07. The first-order valence-electron chi connectivity index (χ1n) is 8.73. The Morgan fingerprint density at radius 2 is 2.11 bits per heavy atom. The summed E-state index contributed by atoms with van der Waals surface area (Å²) in [6.45, 7) is 4.71. The number of thiophene rings is 1. The summed E-state index contributed by atoms with van der Waals surface area (Å²) >= 11 is 6.81. The number of hydrogen-bond acceptors (Lipinski definition) is 6. The van der Waals surface area contributed by atoms with Crippen LogP contribution in [0.1, 0.15) is 33.3 Å². The van der Waals surface area contributed by atoms with Gasteiger partial charge in [-0.05, 0) is 42.8 Å². The van der Waals surface area contributed by atoms with Gasteiger partial charge in [-0.3, -0.25) is 5.32 Å². The maximum atomic E-state index is 12.0. The van der Waals surface area contributed by atoms with Crippen molar-refractivity contribution in [2.75, 3.05) is 17.7 Å². The van der Waals surface area contributed by atoms with Gasteiger partial charge in [0.05, 0.1) is 19.2 Å². The van der Waals surface area contributed by atoms with Crippen LogP contribution >= 0.6 is 23.6 Å². The molecule has 3 aromatic rings. The van der Waals surface area contributed by atoms with Crippen LogP contribution in [-0.4, -0.2) is 33.0 Å². The number of aryl methyl sites for hydroxylation is 2. The summed E-state index contributed by atoms with van der Waals surface area (Å²) in [4.78, 5) is 17.3. The highest BCUT2D eigenvalue weighted by Gasteiger charge is 2.17. The third kappa shape index (κ3) is 4.73. The summed E-state index contributed by atoms with van der Waals surface area (Å²) in [5.74, 6) is -0.0140. The molecule has 0 aliphatic rings. The molecule has 2 N–H and O–H groups in total. The number of nitrogens with one attached hydrogen (secondary N) is 2. The summed E-state index contributed by atoms with van der Waals surface area (Å²) < 4.78 is 6.58. The summed E-state index contributed by atoms with van der Waals surface area (Å²) in [6.07, 6.45) is 2.47. The molecule has 2 heterocycles. The molecular weight excluding hydrogens is 394 g/mol. The summed E-state index contributed by atoms with van der Waals surface area (Å²) in [6, 6.07) is 9.95. The number of thiocarbonyl (C=S) groups is 1. The lowest BCUT2D eigenvalue weighted by Crippen LogP contribution is -2.20.